The molecule has 0 heterocycles. The first-order valence-corrected chi connectivity index (χ1v) is 15.9. The van der Waals surface area contributed by atoms with Crippen LogP contribution in [0.5, 0.6) is 0 Å². The molecule has 1 unspecified atom stereocenters. The van der Waals surface area contributed by atoms with Gasteiger partial charge >= 0.3 is 11.9 Å². The minimum absolute atomic E-state index is 0.0271. The first-order valence-electron chi connectivity index (χ1n) is 15.9. The first-order chi connectivity index (χ1) is 17.6. The number of ether oxygens (including phenoxy) is 2. The molecule has 0 spiro atoms. The van der Waals surface area contributed by atoms with Gasteiger partial charge in [-0.1, -0.05) is 136 Å². The molecule has 0 aromatic rings. The summed E-state index contributed by atoms with van der Waals surface area (Å²) in [5, 5.41) is 0. The van der Waals surface area contributed by atoms with Gasteiger partial charge in [0.2, 0.25) is 0 Å². The minimum Gasteiger partial charge on any atom is -0.466 e. The molecule has 0 aromatic heterocycles. The molecule has 0 radical (unpaired) electrons. The van der Waals surface area contributed by atoms with Gasteiger partial charge in [-0.05, 0) is 32.6 Å². The maximum Gasteiger partial charge on any atom is 0.306 e. The Bertz CT molecular complexity index is 477. The number of esters is 2. The molecule has 0 N–H and O–H groups in total. The molecule has 0 aliphatic rings. The Kier molecular flexibility index (Phi) is 27.7. The van der Waals surface area contributed by atoms with E-state index in [9.17, 15) is 9.59 Å². The largest absolute Gasteiger partial charge is 0.466 e. The van der Waals surface area contributed by atoms with Crippen molar-refractivity contribution in [2.75, 3.05) is 6.61 Å². The standard InChI is InChI=1S/C32H62O4/c1-4-6-8-10-12-13-14-15-16-17-18-19-20-22-24-29-35-31(33)27-25-28-32(34)36-30(3)26-23-21-11-9-7-5-2/h30H,4-29H2,1-3H3. The second-order valence-electron chi connectivity index (χ2n) is 10.9. The second kappa shape index (κ2) is 28.5. The summed E-state index contributed by atoms with van der Waals surface area (Å²) in [5.74, 6) is -0.378. The van der Waals surface area contributed by atoms with Gasteiger partial charge in [0, 0.05) is 12.8 Å². The average Bonchev–Trinajstić information content (AvgIpc) is 2.85. The summed E-state index contributed by atoms with van der Waals surface area (Å²) in [6.07, 6.45) is 29.5. The zero-order valence-corrected chi connectivity index (χ0v) is 24.6. The maximum absolute atomic E-state index is 12.0. The molecular weight excluding hydrogens is 448 g/mol. The summed E-state index contributed by atoms with van der Waals surface area (Å²) >= 11 is 0. The molecule has 0 aromatic carbocycles. The lowest BCUT2D eigenvalue weighted by atomic mass is 10.0. The molecule has 0 bridgehead atoms. The fourth-order valence-electron chi connectivity index (χ4n) is 4.66. The minimum atomic E-state index is -0.191. The van der Waals surface area contributed by atoms with Crippen LogP contribution in [0.15, 0.2) is 0 Å². The highest BCUT2D eigenvalue weighted by atomic mass is 16.5. The molecule has 0 aliphatic carbocycles. The number of rotatable bonds is 28. The van der Waals surface area contributed by atoms with Crippen LogP contribution in [0.3, 0.4) is 0 Å². The van der Waals surface area contributed by atoms with E-state index in [1.165, 1.54) is 116 Å². The third-order valence-corrected chi connectivity index (χ3v) is 7.07. The predicted octanol–water partition coefficient (Wildman–Crippen LogP) is 10.3. The topological polar surface area (TPSA) is 52.6 Å². The zero-order valence-electron chi connectivity index (χ0n) is 24.6. The smallest absolute Gasteiger partial charge is 0.306 e. The lowest BCUT2D eigenvalue weighted by Crippen LogP contribution is -2.15. The molecule has 4 heteroatoms. The van der Waals surface area contributed by atoms with Gasteiger partial charge in [-0.2, -0.15) is 0 Å². The molecule has 0 fully saturated rings. The number of hydrogen-bond donors (Lipinski definition) is 0. The van der Waals surface area contributed by atoms with Crippen LogP contribution in [-0.2, 0) is 19.1 Å². The third-order valence-electron chi connectivity index (χ3n) is 7.07. The maximum atomic E-state index is 12.0. The van der Waals surface area contributed by atoms with E-state index in [1.807, 2.05) is 6.92 Å². The van der Waals surface area contributed by atoms with Crippen LogP contribution in [0, 0.1) is 0 Å². The third kappa shape index (κ3) is 27.5. The van der Waals surface area contributed by atoms with E-state index in [1.54, 1.807) is 0 Å². The molecule has 0 rings (SSSR count). The fourth-order valence-corrected chi connectivity index (χ4v) is 4.66. The average molecular weight is 511 g/mol. The SMILES string of the molecule is CCCCCCCCCCCCCCCCCOC(=O)CCCC(=O)OC(C)CCCCCCCC. The van der Waals surface area contributed by atoms with Gasteiger partial charge in [0.15, 0.2) is 0 Å². The Labute approximate surface area is 225 Å². The molecule has 1 atom stereocenters. The predicted molar refractivity (Wildman–Crippen MR) is 153 cm³/mol. The quantitative estimate of drug-likeness (QED) is 0.0775. The van der Waals surface area contributed by atoms with Crippen molar-refractivity contribution in [2.24, 2.45) is 0 Å². The number of carbonyl (C=O) groups is 2. The molecule has 0 saturated carbocycles. The Balaban J connectivity index is 3.36. The van der Waals surface area contributed by atoms with E-state index in [2.05, 4.69) is 13.8 Å². The van der Waals surface area contributed by atoms with Crippen LogP contribution in [0.4, 0.5) is 0 Å². The lowest BCUT2D eigenvalue weighted by Gasteiger charge is -2.13. The van der Waals surface area contributed by atoms with Gasteiger partial charge in [-0.3, -0.25) is 9.59 Å². The van der Waals surface area contributed by atoms with Gasteiger partial charge in [-0.15, -0.1) is 0 Å². The Morgan fingerprint density at radius 1 is 0.500 bits per heavy atom. The molecule has 0 saturated heterocycles. The zero-order chi connectivity index (χ0) is 26.5. The summed E-state index contributed by atoms with van der Waals surface area (Å²) in [5.41, 5.74) is 0. The number of unbranched alkanes of at least 4 members (excludes halogenated alkanes) is 19. The van der Waals surface area contributed by atoms with Crippen LogP contribution in [-0.4, -0.2) is 24.6 Å². The highest BCUT2D eigenvalue weighted by molar-refractivity contribution is 5.72. The molecule has 0 amide bonds. The summed E-state index contributed by atoms with van der Waals surface area (Å²) in [7, 11) is 0. The van der Waals surface area contributed by atoms with Gasteiger partial charge in [0.25, 0.3) is 0 Å². The van der Waals surface area contributed by atoms with Gasteiger partial charge in [0.1, 0.15) is 0 Å². The monoisotopic (exact) mass is 510 g/mol. The Morgan fingerprint density at radius 2 is 0.889 bits per heavy atom. The summed E-state index contributed by atoms with van der Waals surface area (Å²) in [6, 6.07) is 0. The number of carbonyl (C=O) groups excluding carboxylic acids is 2. The van der Waals surface area contributed by atoms with Crippen LogP contribution < -0.4 is 0 Å². The Morgan fingerprint density at radius 3 is 1.36 bits per heavy atom. The van der Waals surface area contributed by atoms with Crippen molar-refractivity contribution in [1.82, 2.24) is 0 Å². The van der Waals surface area contributed by atoms with Crippen LogP contribution in [0.25, 0.3) is 0 Å². The molecule has 0 aliphatic heterocycles. The molecule has 36 heavy (non-hydrogen) atoms. The van der Waals surface area contributed by atoms with Gasteiger partial charge in [-0.25, -0.2) is 0 Å². The van der Waals surface area contributed by atoms with Crippen molar-refractivity contribution in [2.45, 2.75) is 187 Å². The molecule has 4 nitrogen and oxygen atoms in total. The van der Waals surface area contributed by atoms with E-state index >= 15 is 0 Å². The van der Waals surface area contributed by atoms with Crippen molar-refractivity contribution >= 4 is 11.9 Å². The van der Waals surface area contributed by atoms with E-state index < -0.39 is 0 Å². The second-order valence-corrected chi connectivity index (χ2v) is 10.9. The molecular formula is C32H62O4. The van der Waals surface area contributed by atoms with Gasteiger partial charge in [0.05, 0.1) is 12.7 Å². The normalized spacial score (nSPS) is 12.0. The van der Waals surface area contributed by atoms with Crippen molar-refractivity contribution in [3.05, 3.63) is 0 Å². The highest BCUT2D eigenvalue weighted by Gasteiger charge is 2.11. The van der Waals surface area contributed by atoms with E-state index in [0.717, 1.165) is 25.7 Å². The van der Waals surface area contributed by atoms with Crippen LogP contribution in [0.1, 0.15) is 181 Å². The fraction of sp³-hybridized carbons (Fsp3) is 0.938. The van der Waals surface area contributed by atoms with Crippen molar-refractivity contribution in [3.8, 4) is 0 Å². The summed E-state index contributed by atoms with van der Waals surface area (Å²) in [6.45, 7) is 6.98. The molecule has 214 valence electrons. The van der Waals surface area contributed by atoms with E-state index in [-0.39, 0.29) is 18.0 Å². The summed E-state index contributed by atoms with van der Waals surface area (Å²) < 4.78 is 10.8. The number of hydrogen-bond acceptors (Lipinski definition) is 4. The van der Waals surface area contributed by atoms with Crippen molar-refractivity contribution in [3.63, 3.8) is 0 Å². The Hall–Kier alpha value is -1.06. The summed E-state index contributed by atoms with van der Waals surface area (Å²) in [4.78, 5) is 23.8. The van der Waals surface area contributed by atoms with Gasteiger partial charge < -0.3 is 9.47 Å². The first kappa shape index (κ1) is 34.9. The van der Waals surface area contributed by atoms with E-state index in [0.29, 0.717) is 25.9 Å². The van der Waals surface area contributed by atoms with Crippen molar-refractivity contribution < 1.29 is 19.1 Å². The van der Waals surface area contributed by atoms with Crippen LogP contribution >= 0.6 is 0 Å². The van der Waals surface area contributed by atoms with Crippen LogP contribution in [0.2, 0.25) is 0 Å². The highest BCUT2D eigenvalue weighted by Crippen LogP contribution is 2.14. The van der Waals surface area contributed by atoms with Crippen molar-refractivity contribution in [1.29, 1.82) is 0 Å². The lowest BCUT2D eigenvalue weighted by molar-refractivity contribution is -0.149. The van der Waals surface area contributed by atoms with E-state index in [4.69, 9.17) is 9.47 Å².